The van der Waals surface area contributed by atoms with Crippen molar-refractivity contribution in [3.63, 3.8) is 0 Å². The number of ether oxygens (including phenoxy) is 1. The molecule has 0 aliphatic heterocycles. The number of hydrogen-bond acceptors (Lipinski definition) is 6. The standard InChI is InChI=1S/C14H26N4O2/c1-7-12(15)11(3)13(16-4)17-10(2)8-9-18(5)14(19)20-6/h7,10,14-15,17,19H,1,4,8-9H2,2-3,5-6H3/b13-11+,15-12?. The number of aliphatic hydroxyl groups is 1. The van der Waals surface area contributed by atoms with Crippen LogP contribution in [0.2, 0.25) is 0 Å². The average molecular weight is 282 g/mol. The van der Waals surface area contributed by atoms with Gasteiger partial charge in [0.05, 0.1) is 5.71 Å². The Bertz CT molecular complexity index is 379. The van der Waals surface area contributed by atoms with Crippen molar-refractivity contribution < 1.29 is 9.84 Å². The maximum Gasteiger partial charge on any atom is 0.215 e. The van der Waals surface area contributed by atoms with E-state index >= 15 is 0 Å². The van der Waals surface area contributed by atoms with Gasteiger partial charge in [0.2, 0.25) is 6.41 Å². The molecule has 6 heteroatoms. The number of aliphatic hydroxyl groups excluding tert-OH is 1. The molecular formula is C14H26N4O2. The van der Waals surface area contributed by atoms with Crippen molar-refractivity contribution in [2.45, 2.75) is 32.7 Å². The maximum absolute atomic E-state index is 9.47. The molecule has 2 unspecified atom stereocenters. The highest BCUT2D eigenvalue weighted by molar-refractivity contribution is 6.05. The van der Waals surface area contributed by atoms with E-state index in [9.17, 15) is 5.11 Å². The molecule has 0 amide bonds. The second-order valence-electron chi connectivity index (χ2n) is 4.63. The Morgan fingerprint density at radius 2 is 2.20 bits per heavy atom. The summed E-state index contributed by atoms with van der Waals surface area (Å²) in [5.74, 6) is 0.581. The number of rotatable bonds is 10. The molecule has 20 heavy (non-hydrogen) atoms. The molecule has 0 aromatic heterocycles. The predicted octanol–water partition coefficient (Wildman–Crippen LogP) is 1.35. The fourth-order valence-electron chi connectivity index (χ4n) is 1.55. The van der Waals surface area contributed by atoms with E-state index in [0.717, 1.165) is 6.42 Å². The van der Waals surface area contributed by atoms with Crippen molar-refractivity contribution >= 4 is 12.4 Å². The number of allylic oxidation sites excluding steroid dienone is 2. The average Bonchev–Trinajstić information content (AvgIpc) is 2.47. The second kappa shape index (κ2) is 9.41. The first kappa shape index (κ1) is 18.5. The quantitative estimate of drug-likeness (QED) is 0.417. The summed E-state index contributed by atoms with van der Waals surface area (Å²) in [5.41, 5.74) is 1.02. The Morgan fingerprint density at radius 3 is 2.65 bits per heavy atom. The summed E-state index contributed by atoms with van der Waals surface area (Å²) < 4.78 is 4.81. The summed E-state index contributed by atoms with van der Waals surface area (Å²) in [6.07, 6.45) is 1.35. The summed E-state index contributed by atoms with van der Waals surface area (Å²) >= 11 is 0. The van der Waals surface area contributed by atoms with Crippen LogP contribution in [-0.2, 0) is 4.74 Å². The molecule has 0 saturated heterocycles. The summed E-state index contributed by atoms with van der Waals surface area (Å²) in [6, 6.07) is 0.120. The van der Waals surface area contributed by atoms with Crippen LogP contribution in [0.3, 0.4) is 0 Å². The van der Waals surface area contributed by atoms with Gasteiger partial charge in [-0.3, -0.25) is 4.90 Å². The Labute approximate surface area is 121 Å². The molecule has 0 aromatic carbocycles. The van der Waals surface area contributed by atoms with Crippen LogP contribution in [-0.4, -0.2) is 55.6 Å². The lowest BCUT2D eigenvalue weighted by Crippen LogP contribution is -2.37. The van der Waals surface area contributed by atoms with Crippen LogP contribution in [0.15, 0.2) is 29.0 Å². The largest absolute Gasteiger partial charge is 0.367 e. The lowest BCUT2D eigenvalue weighted by Gasteiger charge is -2.24. The van der Waals surface area contributed by atoms with Crippen molar-refractivity contribution in [1.29, 1.82) is 5.41 Å². The molecule has 0 aliphatic rings. The van der Waals surface area contributed by atoms with Gasteiger partial charge in [-0.15, -0.1) is 0 Å². The summed E-state index contributed by atoms with van der Waals surface area (Å²) in [7, 11) is 3.23. The Balaban J connectivity index is 4.51. The van der Waals surface area contributed by atoms with Gasteiger partial charge in [0, 0.05) is 25.3 Å². The van der Waals surface area contributed by atoms with Gasteiger partial charge in [0.15, 0.2) is 0 Å². The Kier molecular flexibility index (Phi) is 8.71. The van der Waals surface area contributed by atoms with Crippen LogP contribution in [0, 0.1) is 5.41 Å². The normalized spacial score (nSPS) is 15.3. The van der Waals surface area contributed by atoms with Gasteiger partial charge in [-0.1, -0.05) is 6.58 Å². The first-order valence-corrected chi connectivity index (χ1v) is 6.43. The number of aliphatic imine (C=N–C) groups is 1. The fourth-order valence-corrected chi connectivity index (χ4v) is 1.55. The topological polar surface area (TPSA) is 80.9 Å². The van der Waals surface area contributed by atoms with Crippen molar-refractivity contribution in [2.24, 2.45) is 4.99 Å². The van der Waals surface area contributed by atoms with E-state index in [-0.39, 0.29) is 6.04 Å². The molecule has 0 radical (unpaired) electrons. The van der Waals surface area contributed by atoms with Crippen LogP contribution in [0.25, 0.3) is 0 Å². The Morgan fingerprint density at radius 1 is 1.60 bits per heavy atom. The van der Waals surface area contributed by atoms with Gasteiger partial charge >= 0.3 is 0 Å². The van der Waals surface area contributed by atoms with Crippen LogP contribution >= 0.6 is 0 Å². The van der Waals surface area contributed by atoms with Gasteiger partial charge in [0.25, 0.3) is 0 Å². The molecule has 0 aromatic rings. The SMILES string of the molecule is C=CC(=N)/C(C)=C(\N=C)NC(C)CCN(C)C(O)OC. The van der Waals surface area contributed by atoms with Crippen LogP contribution in [0.5, 0.6) is 0 Å². The minimum Gasteiger partial charge on any atom is -0.367 e. The molecule has 0 spiro atoms. The first-order chi connectivity index (χ1) is 9.37. The van der Waals surface area contributed by atoms with E-state index in [1.807, 2.05) is 6.92 Å². The zero-order valence-corrected chi connectivity index (χ0v) is 12.8. The van der Waals surface area contributed by atoms with Crippen LogP contribution in [0.4, 0.5) is 0 Å². The number of methoxy groups -OCH3 is 1. The number of hydrogen-bond donors (Lipinski definition) is 3. The monoisotopic (exact) mass is 282 g/mol. The summed E-state index contributed by atoms with van der Waals surface area (Å²) in [6.45, 7) is 11.5. The molecule has 3 N–H and O–H groups in total. The molecule has 2 atom stereocenters. The third-order valence-corrected chi connectivity index (χ3v) is 3.01. The molecule has 114 valence electrons. The molecule has 0 aliphatic carbocycles. The van der Waals surface area contributed by atoms with Gasteiger partial charge in [-0.05, 0) is 40.1 Å². The molecular weight excluding hydrogens is 256 g/mol. The zero-order valence-electron chi connectivity index (χ0n) is 12.8. The Hall–Kier alpha value is -1.50. The van der Waals surface area contributed by atoms with Crippen LogP contribution in [0.1, 0.15) is 20.3 Å². The van der Waals surface area contributed by atoms with Crippen molar-refractivity contribution in [2.75, 3.05) is 20.7 Å². The summed E-state index contributed by atoms with van der Waals surface area (Å²) in [4.78, 5) is 5.61. The third kappa shape index (κ3) is 6.10. The lowest BCUT2D eigenvalue weighted by atomic mass is 10.1. The van der Waals surface area contributed by atoms with Crippen LogP contribution < -0.4 is 5.32 Å². The van der Waals surface area contributed by atoms with Gasteiger partial charge in [0.1, 0.15) is 5.82 Å². The smallest absolute Gasteiger partial charge is 0.215 e. The molecule has 0 bridgehead atoms. The van der Waals surface area contributed by atoms with Crippen molar-refractivity contribution in [3.05, 3.63) is 24.0 Å². The zero-order chi connectivity index (χ0) is 15.7. The van der Waals surface area contributed by atoms with E-state index in [4.69, 9.17) is 10.1 Å². The van der Waals surface area contributed by atoms with E-state index in [0.29, 0.717) is 23.7 Å². The van der Waals surface area contributed by atoms with E-state index in [1.54, 1.807) is 18.9 Å². The molecule has 0 heterocycles. The van der Waals surface area contributed by atoms with Gasteiger partial charge < -0.3 is 20.6 Å². The van der Waals surface area contributed by atoms with Crippen molar-refractivity contribution in [3.8, 4) is 0 Å². The maximum atomic E-state index is 9.47. The lowest BCUT2D eigenvalue weighted by molar-refractivity contribution is -0.167. The molecule has 0 saturated carbocycles. The molecule has 0 rings (SSSR count). The van der Waals surface area contributed by atoms with E-state index < -0.39 is 6.41 Å². The van der Waals surface area contributed by atoms with Crippen molar-refractivity contribution in [1.82, 2.24) is 10.2 Å². The van der Waals surface area contributed by atoms with Gasteiger partial charge in [-0.25, -0.2) is 4.99 Å². The third-order valence-electron chi connectivity index (χ3n) is 3.01. The first-order valence-electron chi connectivity index (χ1n) is 6.43. The van der Waals surface area contributed by atoms with E-state index in [2.05, 4.69) is 23.6 Å². The number of nitrogens with one attached hydrogen (secondary N) is 2. The predicted molar refractivity (Wildman–Crippen MR) is 83.0 cm³/mol. The minimum absolute atomic E-state index is 0.120. The minimum atomic E-state index is -0.898. The summed E-state index contributed by atoms with van der Waals surface area (Å²) in [5, 5.41) is 20.4. The molecule has 6 nitrogen and oxygen atoms in total. The van der Waals surface area contributed by atoms with E-state index in [1.165, 1.54) is 13.2 Å². The highest BCUT2D eigenvalue weighted by Gasteiger charge is 2.12. The highest BCUT2D eigenvalue weighted by atomic mass is 16.6. The highest BCUT2D eigenvalue weighted by Crippen LogP contribution is 2.07. The second-order valence-corrected chi connectivity index (χ2v) is 4.63. The van der Waals surface area contributed by atoms with Gasteiger partial charge in [-0.2, -0.15) is 0 Å². The fraction of sp³-hybridized carbons (Fsp3) is 0.571. The molecule has 0 fully saturated rings. The number of nitrogens with zero attached hydrogens (tertiary/aromatic N) is 2.